The van der Waals surface area contributed by atoms with Crippen LogP contribution < -0.4 is 9.88 Å². The van der Waals surface area contributed by atoms with Crippen LogP contribution in [0.15, 0.2) is 36.4 Å². The molecule has 0 radical (unpaired) electrons. The first-order valence-electron chi connectivity index (χ1n) is 8.98. The van der Waals surface area contributed by atoms with E-state index in [-0.39, 0.29) is 34.1 Å². The highest BCUT2D eigenvalue weighted by atomic mass is 35.5. The minimum absolute atomic E-state index is 0.0589. The van der Waals surface area contributed by atoms with E-state index >= 15 is 0 Å². The summed E-state index contributed by atoms with van der Waals surface area (Å²) in [6, 6.07) is 6.59. The van der Waals surface area contributed by atoms with Crippen LogP contribution in [-0.2, 0) is 22.2 Å². The van der Waals surface area contributed by atoms with Gasteiger partial charge in [0.05, 0.1) is 17.3 Å². The van der Waals surface area contributed by atoms with Gasteiger partial charge in [0.25, 0.3) is 0 Å². The molecule has 0 unspecified atom stereocenters. The Balaban J connectivity index is 1.89. The second-order valence-corrected chi connectivity index (χ2v) is 9.24. The smallest absolute Gasteiger partial charge is 0.406 e. The Morgan fingerprint density at radius 2 is 1.91 bits per heavy atom. The summed E-state index contributed by atoms with van der Waals surface area (Å²) in [5, 5.41) is 27.2. The molecule has 3 aromatic rings. The summed E-state index contributed by atoms with van der Waals surface area (Å²) in [4.78, 5) is 0.913. The quantitative estimate of drug-likeness (QED) is 0.468. The number of rotatable bonds is 7. The standard InChI is InChI=1S/C18H16ClF4N5O4S/c1-17(29,9-33(24,30)31)11-2-4-14(19)13(7-11)16-25-27-28(26-16)8-10-6-12(3-5-15(10)20)32-18(21,22)23/h2-7,29H,8-9H2,1H3,(H2,24,30,31)/t17-/m0/s1. The zero-order chi connectivity index (χ0) is 24.6. The number of hydrogen-bond acceptors (Lipinski definition) is 7. The Hall–Kier alpha value is -2.81. The average molecular weight is 510 g/mol. The number of aliphatic hydroxyl groups is 1. The number of halogens is 5. The molecular weight excluding hydrogens is 494 g/mol. The van der Waals surface area contributed by atoms with E-state index in [1.165, 1.54) is 25.1 Å². The zero-order valence-corrected chi connectivity index (χ0v) is 18.3. The van der Waals surface area contributed by atoms with Gasteiger partial charge in [0.2, 0.25) is 15.8 Å². The Bertz CT molecular complexity index is 1280. The minimum Gasteiger partial charge on any atom is -0.406 e. The number of alkyl halides is 3. The summed E-state index contributed by atoms with van der Waals surface area (Å²) in [5.74, 6) is -2.26. The Kier molecular flexibility index (Phi) is 6.66. The second kappa shape index (κ2) is 8.85. The third kappa shape index (κ3) is 6.60. The van der Waals surface area contributed by atoms with Crippen molar-refractivity contribution in [3.8, 4) is 17.1 Å². The highest BCUT2D eigenvalue weighted by molar-refractivity contribution is 7.89. The Labute approximate surface area is 189 Å². The lowest BCUT2D eigenvalue weighted by Gasteiger charge is -2.23. The molecule has 1 atom stereocenters. The molecule has 0 aliphatic rings. The highest BCUT2D eigenvalue weighted by Crippen LogP contribution is 2.31. The number of ether oxygens (including phenoxy) is 1. The molecule has 0 saturated heterocycles. The fourth-order valence-electron chi connectivity index (χ4n) is 2.95. The molecule has 9 nitrogen and oxygen atoms in total. The van der Waals surface area contributed by atoms with E-state index in [9.17, 15) is 31.1 Å². The first-order chi connectivity index (χ1) is 15.1. The van der Waals surface area contributed by atoms with Crippen LogP contribution in [-0.4, -0.2) is 45.8 Å². The van der Waals surface area contributed by atoms with Gasteiger partial charge in [-0.25, -0.2) is 17.9 Å². The van der Waals surface area contributed by atoms with Gasteiger partial charge in [0.15, 0.2) is 0 Å². The van der Waals surface area contributed by atoms with Crippen molar-refractivity contribution in [2.24, 2.45) is 5.14 Å². The molecule has 0 amide bonds. The SMILES string of the molecule is C[C@](O)(CS(N)(=O)=O)c1ccc(Cl)c(-c2nnn(Cc3cc(OC(F)(F)F)ccc3F)n2)c1. The van der Waals surface area contributed by atoms with Gasteiger partial charge in [-0.1, -0.05) is 17.7 Å². The molecule has 0 bridgehead atoms. The molecular formula is C18H16ClF4N5O4S. The molecule has 0 saturated carbocycles. The number of hydrogen-bond donors (Lipinski definition) is 2. The van der Waals surface area contributed by atoms with Crippen molar-refractivity contribution in [3.63, 3.8) is 0 Å². The van der Waals surface area contributed by atoms with Crippen LogP contribution in [0.3, 0.4) is 0 Å². The van der Waals surface area contributed by atoms with Crippen LogP contribution in [0, 0.1) is 5.82 Å². The predicted octanol–water partition coefficient (Wildman–Crippen LogP) is 2.58. The van der Waals surface area contributed by atoms with Crippen molar-refractivity contribution in [1.29, 1.82) is 0 Å². The van der Waals surface area contributed by atoms with Gasteiger partial charge in [-0.15, -0.1) is 23.4 Å². The van der Waals surface area contributed by atoms with E-state index < -0.39 is 39.3 Å². The molecule has 1 heterocycles. The van der Waals surface area contributed by atoms with E-state index in [0.717, 1.165) is 23.0 Å². The van der Waals surface area contributed by atoms with Crippen molar-refractivity contribution in [3.05, 3.63) is 58.4 Å². The first-order valence-corrected chi connectivity index (χ1v) is 11.1. The summed E-state index contributed by atoms with van der Waals surface area (Å²) in [7, 11) is -4.01. The first kappa shape index (κ1) is 24.8. The van der Waals surface area contributed by atoms with Gasteiger partial charge >= 0.3 is 6.36 Å². The second-order valence-electron chi connectivity index (χ2n) is 7.22. The largest absolute Gasteiger partial charge is 0.573 e. The van der Waals surface area contributed by atoms with Crippen LogP contribution in [0.2, 0.25) is 5.02 Å². The van der Waals surface area contributed by atoms with E-state index in [1.807, 2.05) is 0 Å². The van der Waals surface area contributed by atoms with Crippen molar-refractivity contribution in [2.75, 3.05) is 5.75 Å². The van der Waals surface area contributed by atoms with Gasteiger partial charge < -0.3 is 9.84 Å². The number of aromatic nitrogens is 4. The van der Waals surface area contributed by atoms with Crippen LogP contribution >= 0.6 is 11.6 Å². The predicted molar refractivity (Wildman–Crippen MR) is 108 cm³/mol. The summed E-state index contributed by atoms with van der Waals surface area (Å²) >= 11 is 6.17. The highest BCUT2D eigenvalue weighted by Gasteiger charge is 2.32. The van der Waals surface area contributed by atoms with Gasteiger partial charge in [-0.05, 0) is 48.0 Å². The van der Waals surface area contributed by atoms with Crippen molar-refractivity contribution in [1.82, 2.24) is 20.2 Å². The Morgan fingerprint density at radius 3 is 2.55 bits per heavy atom. The minimum atomic E-state index is -4.94. The summed E-state index contributed by atoms with van der Waals surface area (Å²) < 4.78 is 77.9. The van der Waals surface area contributed by atoms with Crippen LogP contribution in [0.25, 0.3) is 11.4 Å². The summed E-state index contributed by atoms with van der Waals surface area (Å²) in [6.45, 7) is 0.863. The number of primary sulfonamides is 1. The molecule has 33 heavy (non-hydrogen) atoms. The van der Waals surface area contributed by atoms with Gasteiger partial charge in [-0.2, -0.15) is 4.80 Å². The lowest BCUT2D eigenvalue weighted by atomic mass is 9.96. The van der Waals surface area contributed by atoms with Gasteiger partial charge in [0, 0.05) is 11.1 Å². The number of nitrogens with zero attached hydrogens (tertiary/aromatic N) is 4. The normalized spacial score (nSPS) is 14.2. The van der Waals surface area contributed by atoms with Gasteiger partial charge in [0.1, 0.15) is 17.2 Å². The van der Waals surface area contributed by atoms with E-state index in [0.29, 0.717) is 0 Å². The molecule has 0 aliphatic heterocycles. The average Bonchev–Trinajstić information content (AvgIpc) is 3.10. The maximum absolute atomic E-state index is 14.1. The lowest BCUT2D eigenvalue weighted by Crippen LogP contribution is -2.34. The Morgan fingerprint density at radius 1 is 1.21 bits per heavy atom. The van der Waals surface area contributed by atoms with E-state index in [1.54, 1.807) is 0 Å². The molecule has 1 aromatic heterocycles. The lowest BCUT2D eigenvalue weighted by molar-refractivity contribution is -0.274. The van der Waals surface area contributed by atoms with Gasteiger partial charge in [-0.3, -0.25) is 0 Å². The topological polar surface area (TPSA) is 133 Å². The summed E-state index contributed by atoms with van der Waals surface area (Å²) in [5.41, 5.74) is -1.73. The maximum atomic E-state index is 14.1. The van der Waals surface area contributed by atoms with E-state index in [4.69, 9.17) is 16.7 Å². The van der Waals surface area contributed by atoms with Crippen LogP contribution in [0.4, 0.5) is 17.6 Å². The molecule has 178 valence electrons. The molecule has 0 spiro atoms. The molecule has 15 heteroatoms. The molecule has 0 fully saturated rings. The molecule has 2 aromatic carbocycles. The van der Waals surface area contributed by atoms with E-state index in [2.05, 4.69) is 20.1 Å². The third-order valence-corrected chi connectivity index (χ3v) is 5.62. The van der Waals surface area contributed by atoms with Crippen molar-refractivity contribution < 1.29 is 35.8 Å². The monoisotopic (exact) mass is 509 g/mol. The maximum Gasteiger partial charge on any atom is 0.573 e. The number of tetrazole rings is 1. The number of benzene rings is 2. The fourth-order valence-corrected chi connectivity index (χ4v) is 4.10. The van der Waals surface area contributed by atoms with Crippen molar-refractivity contribution >= 4 is 21.6 Å². The zero-order valence-electron chi connectivity index (χ0n) is 16.7. The third-order valence-electron chi connectivity index (χ3n) is 4.33. The molecule has 3 rings (SSSR count). The molecule has 3 N–H and O–H groups in total. The number of sulfonamides is 1. The molecule has 0 aliphatic carbocycles. The summed E-state index contributed by atoms with van der Waals surface area (Å²) in [6.07, 6.45) is -4.94. The fraction of sp³-hybridized carbons (Fsp3) is 0.278. The van der Waals surface area contributed by atoms with Crippen LogP contribution in [0.1, 0.15) is 18.1 Å². The van der Waals surface area contributed by atoms with Crippen LogP contribution in [0.5, 0.6) is 5.75 Å². The van der Waals surface area contributed by atoms with Crippen molar-refractivity contribution in [2.45, 2.75) is 25.4 Å². The number of nitrogens with two attached hydrogens (primary N) is 1.